The Morgan fingerprint density at radius 3 is 2.43 bits per heavy atom. The molecule has 4 aromatic rings. The van der Waals surface area contributed by atoms with Crippen LogP contribution in [0.25, 0.3) is 22.0 Å². The summed E-state index contributed by atoms with van der Waals surface area (Å²) in [5, 5.41) is 10.6. The lowest BCUT2D eigenvalue weighted by Gasteiger charge is -2.36. The number of aromatic nitrogens is 1. The molecule has 0 unspecified atom stereocenters. The molecule has 250 valence electrons. The first-order valence-corrected chi connectivity index (χ1v) is 18.4. The largest absolute Gasteiger partial charge is 0.497 e. The molecule has 0 bridgehead atoms. The summed E-state index contributed by atoms with van der Waals surface area (Å²) in [6, 6.07) is 18.0. The smallest absolute Gasteiger partial charge is 0.224 e. The van der Waals surface area contributed by atoms with Gasteiger partial charge in [-0.2, -0.15) is 0 Å². The van der Waals surface area contributed by atoms with Crippen LogP contribution >= 0.6 is 23.1 Å². The van der Waals surface area contributed by atoms with Crippen LogP contribution in [0, 0.1) is 17.7 Å². The highest BCUT2D eigenvalue weighted by atomic mass is 32.2. The molecule has 1 amide bonds. The van der Waals surface area contributed by atoms with E-state index in [9.17, 15) is 14.0 Å². The number of ether oxygens (including phenoxy) is 1. The van der Waals surface area contributed by atoms with Crippen LogP contribution in [0.1, 0.15) is 75.9 Å². The maximum absolute atomic E-state index is 14.7. The van der Waals surface area contributed by atoms with Crippen LogP contribution in [0.3, 0.4) is 0 Å². The van der Waals surface area contributed by atoms with Gasteiger partial charge in [-0.25, -0.2) is 9.37 Å². The van der Waals surface area contributed by atoms with E-state index in [4.69, 9.17) is 9.72 Å². The van der Waals surface area contributed by atoms with Crippen LogP contribution in [0.5, 0.6) is 5.75 Å². The zero-order valence-electron chi connectivity index (χ0n) is 28.0. The average Bonchev–Trinajstić information content (AvgIpc) is 3.58. The molecule has 1 fully saturated rings. The quantitative estimate of drug-likeness (QED) is 0.139. The molecule has 1 aliphatic carbocycles. The number of likely N-dealkylation sites (N-methyl/N-ethyl adjacent to an activating group) is 1. The van der Waals surface area contributed by atoms with Crippen LogP contribution in [-0.4, -0.2) is 41.6 Å². The molecule has 9 heteroatoms. The molecular formula is C38H46FN3O3S2. The number of Topliss-reactive ketones (excluding diaryl/α,β-unsaturated/α-hetero) is 1. The van der Waals surface area contributed by atoms with Crippen molar-refractivity contribution in [2.75, 3.05) is 14.2 Å². The van der Waals surface area contributed by atoms with E-state index in [2.05, 4.69) is 36.6 Å². The van der Waals surface area contributed by atoms with E-state index in [0.717, 1.165) is 64.4 Å². The third kappa shape index (κ3) is 8.42. The van der Waals surface area contributed by atoms with Gasteiger partial charge >= 0.3 is 0 Å². The predicted molar refractivity (Wildman–Crippen MR) is 192 cm³/mol. The van der Waals surface area contributed by atoms with E-state index in [1.807, 2.05) is 42.6 Å². The zero-order chi connectivity index (χ0) is 33.6. The highest BCUT2D eigenvalue weighted by molar-refractivity contribution is 7.99. The molecule has 1 aliphatic rings. The summed E-state index contributed by atoms with van der Waals surface area (Å²) in [5.74, 6) is 1.02. The highest BCUT2D eigenvalue weighted by Crippen LogP contribution is 2.43. The van der Waals surface area contributed by atoms with Crippen LogP contribution in [0.2, 0.25) is 0 Å². The zero-order valence-corrected chi connectivity index (χ0v) is 29.6. The van der Waals surface area contributed by atoms with Crippen LogP contribution in [-0.2, 0) is 15.3 Å². The van der Waals surface area contributed by atoms with Crippen molar-refractivity contribution in [1.82, 2.24) is 15.6 Å². The summed E-state index contributed by atoms with van der Waals surface area (Å²) in [6.45, 7) is 6.14. The van der Waals surface area contributed by atoms with Crippen molar-refractivity contribution >= 4 is 45.6 Å². The molecule has 0 radical (unpaired) electrons. The Labute approximate surface area is 286 Å². The third-order valence-corrected chi connectivity index (χ3v) is 11.9. The molecule has 1 aromatic heterocycles. The first kappa shape index (κ1) is 35.0. The van der Waals surface area contributed by atoms with E-state index in [1.165, 1.54) is 23.8 Å². The number of benzene rings is 3. The van der Waals surface area contributed by atoms with Gasteiger partial charge in [0.2, 0.25) is 5.91 Å². The lowest BCUT2D eigenvalue weighted by atomic mass is 9.76. The standard InChI is InChI=1S/C38H46FN3O3S2/c1-24(40-4)34(43)21-31(26-11-7-6-8-12-26)36(44)42-35(38(2,3)47-22-25-15-17-27(45-5)18-16-25)37-41-33(23-46-37)30-19-20-32(39)29-14-10-9-13-28(29)30/h9-10,13-20,23-24,26,31,35,40H,6-8,11-12,21-22H2,1-5H3,(H,42,44)/t24-,31-,35+/m0/s1. The number of ketones is 1. The fraction of sp³-hybridized carbons (Fsp3) is 0.447. The second-order valence-corrected chi connectivity index (χ2v) is 15.6. The van der Waals surface area contributed by atoms with Crippen LogP contribution in [0.4, 0.5) is 4.39 Å². The Bertz CT molecular complexity index is 1670. The van der Waals surface area contributed by atoms with Gasteiger partial charge in [0.1, 0.15) is 22.4 Å². The van der Waals surface area contributed by atoms with E-state index < -0.39 is 16.7 Å². The number of fused-ring (bicyclic) bond motifs is 1. The van der Waals surface area contributed by atoms with Crippen LogP contribution < -0.4 is 15.4 Å². The predicted octanol–water partition coefficient (Wildman–Crippen LogP) is 8.74. The second-order valence-electron chi connectivity index (χ2n) is 13.1. The number of thioether (sulfide) groups is 1. The Kier molecular flexibility index (Phi) is 11.7. The van der Waals surface area contributed by atoms with Crippen molar-refractivity contribution < 1.29 is 18.7 Å². The minimum absolute atomic E-state index is 0.0580. The van der Waals surface area contributed by atoms with Gasteiger partial charge in [-0.05, 0) is 81.8 Å². The number of thiazole rings is 1. The third-order valence-electron chi connectivity index (χ3n) is 9.56. The van der Waals surface area contributed by atoms with Crippen molar-refractivity contribution in [2.24, 2.45) is 11.8 Å². The lowest BCUT2D eigenvalue weighted by molar-refractivity contribution is -0.133. The van der Waals surface area contributed by atoms with E-state index in [-0.39, 0.29) is 35.9 Å². The summed E-state index contributed by atoms with van der Waals surface area (Å²) >= 11 is 3.26. The van der Waals surface area contributed by atoms with Gasteiger partial charge in [-0.15, -0.1) is 23.1 Å². The van der Waals surface area contributed by atoms with Crippen molar-refractivity contribution in [3.8, 4) is 17.0 Å². The average molecular weight is 676 g/mol. The molecule has 47 heavy (non-hydrogen) atoms. The van der Waals surface area contributed by atoms with Crippen molar-refractivity contribution in [1.29, 1.82) is 0 Å². The number of hydrogen-bond acceptors (Lipinski definition) is 7. The number of halogens is 1. The summed E-state index contributed by atoms with van der Waals surface area (Å²) < 4.78 is 19.5. The summed E-state index contributed by atoms with van der Waals surface area (Å²) in [6.07, 6.45) is 5.46. The summed E-state index contributed by atoms with van der Waals surface area (Å²) in [4.78, 5) is 32.7. The van der Waals surface area contributed by atoms with Gasteiger partial charge in [0.05, 0.1) is 24.9 Å². The van der Waals surface area contributed by atoms with Gasteiger partial charge in [0.25, 0.3) is 0 Å². The molecule has 0 aliphatic heterocycles. The number of carbonyl (C=O) groups is 2. The molecule has 1 heterocycles. The minimum atomic E-state index is -0.463. The van der Waals surface area contributed by atoms with Gasteiger partial charge in [-0.1, -0.05) is 55.7 Å². The molecule has 5 rings (SSSR count). The Balaban J connectivity index is 1.48. The lowest BCUT2D eigenvalue weighted by Crippen LogP contribution is -2.46. The second kappa shape index (κ2) is 15.8. The fourth-order valence-electron chi connectivity index (χ4n) is 6.45. The van der Waals surface area contributed by atoms with Gasteiger partial charge in [0.15, 0.2) is 0 Å². The van der Waals surface area contributed by atoms with E-state index >= 15 is 0 Å². The maximum atomic E-state index is 14.7. The topological polar surface area (TPSA) is 80.3 Å². The Morgan fingerprint density at radius 1 is 1.04 bits per heavy atom. The molecular weight excluding hydrogens is 630 g/mol. The van der Waals surface area contributed by atoms with E-state index in [1.54, 1.807) is 38.1 Å². The number of amides is 1. The summed E-state index contributed by atoms with van der Waals surface area (Å²) in [5.41, 5.74) is 2.75. The number of methoxy groups -OCH3 is 1. The number of nitrogens with zero attached hydrogens (tertiary/aromatic N) is 1. The summed E-state index contributed by atoms with van der Waals surface area (Å²) in [7, 11) is 3.44. The molecule has 0 saturated heterocycles. The molecule has 2 N–H and O–H groups in total. The molecule has 3 atom stereocenters. The SMILES string of the molecule is CN[C@@H](C)C(=O)C[C@H](C(=O)N[C@H](c1nc(-c2ccc(F)c3ccccc23)cs1)C(C)(C)SCc1ccc(OC)cc1)C1CCCCC1. The molecule has 0 spiro atoms. The van der Waals surface area contributed by atoms with Crippen LogP contribution in [0.15, 0.2) is 66.0 Å². The first-order valence-electron chi connectivity index (χ1n) is 16.5. The van der Waals surface area contributed by atoms with Crippen molar-refractivity contribution in [2.45, 2.75) is 81.9 Å². The monoisotopic (exact) mass is 675 g/mol. The number of hydrogen-bond donors (Lipinski definition) is 2. The van der Waals surface area contributed by atoms with E-state index in [0.29, 0.717) is 5.39 Å². The molecule has 1 saturated carbocycles. The number of rotatable bonds is 14. The number of nitrogens with one attached hydrogen (secondary N) is 2. The highest BCUT2D eigenvalue weighted by Gasteiger charge is 2.39. The van der Waals surface area contributed by atoms with Crippen molar-refractivity contribution in [3.05, 3.63) is 82.4 Å². The Hall–Kier alpha value is -3.27. The van der Waals surface area contributed by atoms with Crippen molar-refractivity contribution in [3.63, 3.8) is 0 Å². The maximum Gasteiger partial charge on any atom is 0.224 e. The normalized spacial score (nSPS) is 16.0. The minimum Gasteiger partial charge on any atom is -0.497 e. The molecule has 6 nitrogen and oxygen atoms in total. The fourth-order valence-corrected chi connectivity index (χ4v) is 8.65. The first-order chi connectivity index (χ1) is 22.6. The number of carbonyl (C=O) groups excluding carboxylic acids is 2. The van der Waals surface area contributed by atoms with Gasteiger partial charge < -0.3 is 15.4 Å². The molecule has 3 aromatic carbocycles. The Morgan fingerprint density at radius 2 is 1.74 bits per heavy atom. The van der Waals surface area contributed by atoms with Gasteiger partial charge in [-0.3, -0.25) is 9.59 Å². The van der Waals surface area contributed by atoms with Gasteiger partial charge in [0, 0.05) is 39.2 Å².